The molecule has 0 saturated carbocycles. The molecular weight excluding hydrogens is 210 g/mol. The predicted octanol–water partition coefficient (Wildman–Crippen LogP) is 1.23. The number of amides is 2. The van der Waals surface area contributed by atoms with Crippen LogP contribution in [0.4, 0.5) is 4.79 Å². The summed E-state index contributed by atoms with van der Waals surface area (Å²) in [6.07, 6.45) is 2.62. The van der Waals surface area contributed by atoms with Crippen molar-refractivity contribution >= 4 is 23.6 Å². The lowest BCUT2D eigenvalue weighted by molar-refractivity contribution is 0.188. The summed E-state index contributed by atoms with van der Waals surface area (Å²) in [5.74, 6) is 1.33. The first-order chi connectivity index (χ1) is 7.10. The summed E-state index contributed by atoms with van der Waals surface area (Å²) in [4.78, 5) is 17.3. The quantitative estimate of drug-likeness (QED) is 0.719. The van der Waals surface area contributed by atoms with Crippen molar-refractivity contribution in [3.63, 3.8) is 0 Å². The largest absolute Gasteiger partial charge is 0.385 e. The first kappa shape index (κ1) is 10.5. The lowest BCUT2D eigenvalue weighted by Gasteiger charge is -2.33. The van der Waals surface area contributed by atoms with Gasteiger partial charge in [0.25, 0.3) is 0 Å². The van der Waals surface area contributed by atoms with Gasteiger partial charge in [-0.15, -0.1) is 6.58 Å². The van der Waals surface area contributed by atoms with E-state index >= 15 is 0 Å². The van der Waals surface area contributed by atoms with Crippen molar-refractivity contribution in [2.75, 3.05) is 12.3 Å². The van der Waals surface area contributed by atoms with Crippen LogP contribution in [-0.4, -0.2) is 39.9 Å². The van der Waals surface area contributed by atoms with Crippen molar-refractivity contribution < 1.29 is 4.79 Å². The highest BCUT2D eigenvalue weighted by Crippen LogP contribution is 2.41. The van der Waals surface area contributed by atoms with Crippen molar-refractivity contribution in [2.45, 2.75) is 24.1 Å². The van der Waals surface area contributed by atoms with Crippen LogP contribution < -0.4 is 5.73 Å². The van der Waals surface area contributed by atoms with Gasteiger partial charge in [0.15, 0.2) is 0 Å². The highest BCUT2D eigenvalue weighted by atomic mass is 32.2. The van der Waals surface area contributed by atoms with Crippen LogP contribution >= 0.6 is 11.8 Å². The molecule has 0 bridgehead atoms. The minimum atomic E-state index is -0.338. The van der Waals surface area contributed by atoms with Crippen molar-refractivity contribution in [2.24, 2.45) is 10.7 Å². The molecule has 2 atom stereocenters. The molecule has 2 unspecified atom stereocenters. The van der Waals surface area contributed by atoms with Crippen LogP contribution in [0.25, 0.3) is 0 Å². The number of carbonyl (C=O) groups is 1. The van der Waals surface area contributed by atoms with Crippen molar-refractivity contribution in [1.29, 1.82) is 0 Å². The summed E-state index contributed by atoms with van der Waals surface area (Å²) in [5.41, 5.74) is 5.55. The Morgan fingerprint density at radius 2 is 2.60 bits per heavy atom. The number of rotatable bonds is 2. The van der Waals surface area contributed by atoms with E-state index in [1.807, 2.05) is 11.8 Å². The van der Waals surface area contributed by atoms with Gasteiger partial charge < -0.3 is 10.6 Å². The van der Waals surface area contributed by atoms with Gasteiger partial charge in [-0.2, -0.15) is 16.8 Å². The first-order valence-corrected chi connectivity index (χ1v) is 6.04. The third-order valence-electron chi connectivity index (χ3n) is 2.98. The average molecular weight is 225 g/mol. The van der Waals surface area contributed by atoms with Gasteiger partial charge >= 0.3 is 6.03 Å². The summed E-state index contributed by atoms with van der Waals surface area (Å²) < 4.78 is 0. The van der Waals surface area contributed by atoms with Gasteiger partial charge in [-0.1, -0.05) is 13.0 Å². The number of thioether (sulfide) groups is 1. The van der Waals surface area contributed by atoms with Crippen LogP contribution in [0.1, 0.15) is 13.3 Å². The Labute approximate surface area is 93.6 Å². The number of aliphatic imine (C=N–C) groups is 1. The lowest BCUT2D eigenvalue weighted by atomic mass is 9.94. The highest BCUT2D eigenvalue weighted by Gasteiger charge is 2.51. The van der Waals surface area contributed by atoms with E-state index < -0.39 is 0 Å². The van der Waals surface area contributed by atoms with Gasteiger partial charge in [-0.3, -0.25) is 0 Å². The van der Waals surface area contributed by atoms with Crippen molar-refractivity contribution in [1.82, 2.24) is 4.90 Å². The second kappa shape index (κ2) is 3.56. The summed E-state index contributed by atoms with van der Waals surface area (Å²) >= 11 is 1.84. The van der Waals surface area contributed by atoms with Crippen LogP contribution in [0.15, 0.2) is 17.6 Å². The van der Waals surface area contributed by atoms with E-state index in [1.54, 1.807) is 11.0 Å². The Hall–Kier alpha value is -0.970. The minimum absolute atomic E-state index is 0.220. The molecule has 1 saturated heterocycles. The number of amidine groups is 1. The Bertz CT molecular complexity index is 342. The van der Waals surface area contributed by atoms with E-state index in [1.165, 1.54) is 0 Å². The third-order valence-corrected chi connectivity index (χ3v) is 4.36. The van der Waals surface area contributed by atoms with Crippen molar-refractivity contribution in [3.05, 3.63) is 12.7 Å². The second-order valence-corrected chi connectivity index (χ2v) is 5.46. The van der Waals surface area contributed by atoms with Gasteiger partial charge in [-0.25, -0.2) is 4.79 Å². The normalized spacial score (nSPS) is 35.0. The fourth-order valence-electron chi connectivity index (χ4n) is 2.21. The number of urea groups is 1. The van der Waals surface area contributed by atoms with Gasteiger partial charge in [0.1, 0.15) is 11.4 Å². The van der Waals surface area contributed by atoms with E-state index in [4.69, 9.17) is 5.73 Å². The molecule has 0 aromatic carbocycles. The Balaban J connectivity index is 2.31. The van der Waals surface area contributed by atoms with E-state index in [9.17, 15) is 4.79 Å². The van der Waals surface area contributed by atoms with E-state index in [-0.39, 0.29) is 11.6 Å². The second-order valence-electron chi connectivity index (χ2n) is 4.04. The van der Waals surface area contributed by atoms with Gasteiger partial charge in [0.05, 0.1) is 0 Å². The van der Waals surface area contributed by atoms with Crippen LogP contribution in [0.5, 0.6) is 0 Å². The van der Waals surface area contributed by atoms with Crippen LogP contribution in [-0.2, 0) is 0 Å². The van der Waals surface area contributed by atoms with E-state index in [2.05, 4.69) is 18.5 Å². The Morgan fingerprint density at radius 3 is 3.13 bits per heavy atom. The molecular formula is C10H15N3OS. The number of nitrogens with two attached hydrogens (primary N) is 1. The zero-order chi connectivity index (χ0) is 11.1. The monoisotopic (exact) mass is 225 g/mol. The number of hydrogen-bond donors (Lipinski definition) is 1. The maximum absolute atomic E-state index is 11.6. The Morgan fingerprint density at radius 1 is 1.87 bits per heavy atom. The molecule has 2 rings (SSSR count). The zero-order valence-corrected chi connectivity index (χ0v) is 9.59. The fraction of sp³-hybridized carbons (Fsp3) is 0.600. The van der Waals surface area contributed by atoms with Gasteiger partial charge in [-0.05, 0) is 6.42 Å². The third kappa shape index (κ3) is 1.45. The molecule has 1 spiro atoms. The lowest BCUT2D eigenvalue weighted by Crippen LogP contribution is -2.54. The smallest absolute Gasteiger partial charge is 0.346 e. The topological polar surface area (TPSA) is 58.7 Å². The summed E-state index contributed by atoms with van der Waals surface area (Å²) in [6, 6.07) is -0.220. The molecule has 2 amide bonds. The molecule has 82 valence electrons. The fourth-order valence-corrected chi connectivity index (χ4v) is 3.59. The highest BCUT2D eigenvalue weighted by molar-refractivity contribution is 8.00. The molecule has 15 heavy (non-hydrogen) atoms. The van der Waals surface area contributed by atoms with Gasteiger partial charge in [0, 0.05) is 17.5 Å². The summed E-state index contributed by atoms with van der Waals surface area (Å²) in [5, 5.41) is 0.525. The van der Waals surface area contributed by atoms with Crippen LogP contribution in [0, 0.1) is 0 Å². The number of nitrogens with zero attached hydrogens (tertiary/aromatic N) is 2. The maximum Gasteiger partial charge on any atom is 0.346 e. The maximum atomic E-state index is 11.6. The molecule has 2 heterocycles. The van der Waals surface area contributed by atoms with Crippen molar-refractivity contribution in [3.8, 4) is 0 Å². The van der Waals surface area contributed by atoms with Crippen LogP contribution in [0.3, 0.4) is 0 Å². The molecule has 2 aliphatic rings. The minimum Gasteiger partial charge on any atom is -0.385 e. The van der Waals surface area contributed by atoms with Gasteiger partial charge in [0.2, 0.25) is 0 Å². The van der Waals surface area contributed by atoms with E-state index in [0.29, 0.717) is 17.6 Å². The molecule has 1 fully saturated rings. The SMILES string of the molecule is C=CCN1C(=O)N=C(N)C12CSC(C)C2. The van der Waals surface area contributed by atoms with Crippen LogP contribution in [0.2, 0.25) is 0 Å². The molecule has 5 heteroatoms. The predicted molar refractivity (Wildman–Crippen MR) is 63.2 cm³/mol. The summed E-state index contributed by atoms with van der Waals surface area (Å²) in [6.45, 7) is 6.34. The molecule has 0 radical (unpaired) electrons. The molecule has 0 aromatic heterocycles. The molecule has 0 aliphatic carbocycles. The molecule has 0 aromatic rings. The molecule has 2 N–H and O–H groups in total. The molecule has 4 nitrogen and oxygen atoms in total. The average Bonchev–Trinajstić information content (AvgIpc) is 2.65. The Kier molecular flexibility index (Phi) is 2.50. The first-order valence-electron chi connectivity index (χ1n) is 4.99. The molecule has 2 aliphatic heterocycles. The number of hydrogen-bond acceptors (Lipinski definition) is 3. The number of carbonyl (C=O) groups excluding carboxylic acids is 1. The van der Waals surface area contributed by atoms with E-state index in [0.717, 1.165) is 12.2 Å². The standard InChI is InChI=1S/C10H15N3OS/c1-3-4-13-9(14)12-8(11)10(13)5-7(2)15-6-10/h3,7H,1,4-6H2,2H3,(H2,11,12,14). The summed E-state index contributed by atoms with van der Waals surface area (Å²) in [7, 11) is 0. The zero-order valence-electron chi connectivity index (χ0n) is 8.77.